The molecular formula is C16H15N5OS. The smallest absolute Gasteiger partial charge is 0.321 e. The summed E-state index contributed by atoms with van der Waals surface area (Å²) in [7, 11) is 0. The van der Waals surface area contributed by atoms with Crippen molar-refractivity contribution in [3.63, 3.8) is 0 Å². The number of aromatic nitrogens is 2. The van der Waals surface area contributed by atoms with Gasteiger partial charge in [0.2, 0.25) is 0 Å². The van der Waals surface area contributed by atoms with Crippen LogP contribution >= 0.6 is 11.3 Å². The Hall–Kier alpha value is -2.67. The molecule has 0 unspecified atom stereocenters. The molecule has 2 N–H and O–H groups in total. The predicted octanol–water partition coefficient (Wildman–Crippen LogP) is 3.35. The normalized spacial score (nSPS) is 14.8. The second-order valence-corrected chi connectivity index (χ2v) is 6.17. The van der Waals surface area contributed by atoms with Crippen LogP contribution in [0.2, 0.25) is 0 Å². The van der Waals surface area contributed by atoms with Crippen LogP contribution < -0.4 is 15.5 Å². The Labute approximate surface area is 137 Å². The molecule has 1 aliphatic rings. The molecule has 0 saturated carbocycles. The Kier molecular flexibility index (Phi) is 3.55. The highest BCUT2D eigenvalue weighted by Crippen LogP contribution is 2.28. The number of anilines is 3. The zero-order valence-electron chi connectivity index (χ0n) is 12.3. The van der Waals surface area contributed by atoms with E-state index in [0.29, 0.717) is 0 Å². The number of carbonyl (C=O) groups excluding carboxylic acids is 1. The minimum atomic E-state index is -0.0457. The van der Waals surface area contributed by atoms with Crippen LogP contribution in [0.15, 0.2) is 42.0 Å². The number of hydrogen-bond acceptors (Lipinski definition) is 5. The van der Waals surface area contributed by atoms with Crippen LogP contribution in [0.1, 0.15) is 6.42 Å². The van der Waals surface area contributed by atoms with Crippen LogP contribution in [-0.2, 0) is 0 Å². The fourth-order valence-electron chi connectivity index (χ4n) is 2.65. The highest BCUT2D eigenvalue weighted by Gasteiger charge is 2.19. The summed E-state index contributed by atoms with van der Waals surface area (Å²) in [5.74, 6) is 0.775. The molecule has 1 aromatic carbocycles. The van der Waals surface area contributed by atoms with E-state index in [-0.39, 0.29) is 6.03 Å². The van der Waals surface area contributed by atoms with Crippen LogP contribution in [0.25, 0.3) is 10.2 Å². The van der Waals surface area contributed by atoms with Gasteiger partial charge in [-0.3, -0.25) is 4.90 Å². The molecule has 1 fully saturated rings. The quantitative estimate of drug-likeness (QED) is 0.775. The molecule has 0 radical (unpaired) electrons. The van der Waals surface area contributed by atoms with Crippen molar-refractivity contribution in [2.45, 2.75) is 6.42 Å². The lowest BCUT2D eigenvalue weighted by atomic mass is 10.2. The fourth-order valence-corrected chi connectivity index (χ4v) is 3.39. The highest BCUT2D eigenvalue weighted by molar-refractivity contribution is 7.16. The van der Waals surface area contributed by atoms with Gasteiger partial charge < -0.3 is 10.6 Å². The van der Waals surface area contributed by atoms with E-state index in [9.17, 15) is 4.79 Å². The molecule has 0 spiro atoms. The number of nitrogens with one attached hydrogen (secondary N) is 2. The highest BCUT2D eigenvalue weighted by atomic mass is 32.1. The zero-order valence-corrected chi connectivity index (χ0v) is 13.1. The number of rotatable bonds is 3. The Morgan fingerprint density at radius 2 is 2.22 bits per heavy atom. The van der Waals surface area contributed by atoms with Crippen LogP contribution in [0.5, 0.6) is 0 Å². The van der Waals surface area contributed by atoms with Gasteiger partial charge in [-0.05, 0) is 36.1 Å². The first-order valence-corrected chi connectivity index (χ1v) is 8.30. The van der Waals surface area contributed by atoms with Gasteiger partial charge in [-0.15, -0.1) is 11.3 Å². The summed E-state index contributed by atoms with van der Waals surface area (Å²) in [6, 6.07) is 9.76. The number of amides is 2. The monoisotopic (exact) mass is 325 g/mol. The van der Waals surface area contributed by atoms with Gasteiger partial charge in [-0.25, -0.2) is 14.8 Å². The number of nitrogens with zero attached hydrogens (tertiary/aromatic N) is 3. The van der Waals surface area contributed by atoms with Gasteiger partial charge in [0.05, 0.1) is 5.39 Å². The third kappa shape index (κ3) is 2.70. The third-order valence-corrected chi connectivity index (χ3v) is 4.58. The van der Waals surface area contributed by atoms with Crippen LogP contribution in [0.3, 0.4) is 0 Å². The summed E-state index contributed by atoms with van der Waals surface area (Å²) >= 11 is 1.59. The Balaban J connectivity index is 1.64. The van der Waals surface area contributed by atoms with Gasteiger partial charge in [-0.2, -0.15) is 0 Å². The average Bonchev–Trinajstić information content (AvgIpc) is 3.05. The standard InChI is InChI=1S/C16H15N5OS/c22-16-17-6-2-7-21(16)12-4-1-3-11(9-12)20-14-13-5-8-23-15(13)19-10-18-14/h1,3-5,8-10H,2,6-7H2,(H,17,22)(H,18,19,20). The van der Waals surface area contributed by atoms with Gasteiger partial charge >= 0.3 is 6.03 Å². The maximum absolute atomic E-state index is 12.0. The van der Waals surface area contributed by atoms with Gasteiger partial charge in [0.25, 0.3) is 0 Å². The topological polar surface area (TPSA) is 70.2 Å². The zero-order chi connectivity index (χ0) is 15.6. The van der Waals surface area contributed by atoms with E-state index >= 15 is 0 Å². The molecule has 0 atom stereocenters. The molecule has 0 aliphatic carbocycles. The second kappa shape index (κ2) is 5.85. The molecule has 116 valence electrons. The Bertz CT molecular complexity index is 862. The van der Waals surface area contributed by atoms with E-state index in [4.69, 9.17) is 0 Å². The van der Waals surface area contributed by atoms with Crippen molar-refractivity contribution >= 4 is 44.8 Å². The molecule has 23 heavy (non-hydrogen) atoms. The lowest BCUT2D eigenvalue weighted by Gasteiger charge is -2.27. The van der Waals surface area contributed by atoms with Gasteiger partial charge in [0, 0.05) is 24.5 Å². The summed E-state index contributed by atoms with van der Waals surface area (Å²) in [6.45, 7) is 1.47. The largest absolute Gasteiger partial charge is 0.340 e. The fraction of sp³-hybridized carbons (Fsp3) is 0.188. The van der Waals surface area contributed by atoms with Crippen molar-refractivity contribution < 1.29 is 4.79 Å². The molecular weight excluding hydrogens is 310 g/mol. The summed E-state index contributed by atoms with van der Waals surface area (Å²) in [5, 5.41) is 9.19. The van der Waals surface area contributed by atoms with E-state index in [1.807, 2.05) is 35.7 Å². The van der Waals surface area contributed by atoms with Crippen LogP contribution in [-0.4, -0.2) is 29.1 Å². The number of carbonyl (C=O) groups is 1. The van der Waals surface area contributed by atoms with E-state index < -0.39 is 0 Å². The minimum absolute atomic E-state index is 0.0457. The number of fused-ring (bicyclic) bond motifs is 1. The first-order valence-electron chi connectivity index (χ1n) is 7.42. The molecule has 2 aromatic heterocycles. The van der Waals surface area contributed by atoms with Crippen molar-refractivity contribution in [1.29, 1.82) is 0 Å². The molecule has 2 amide bonds. The van der Waals surface area contributed by atoms with Crippen molar-refractivity contribution in [3.8, 4) is 0 Å². The van der Waals surface area contributed by atoms with E-state index in [1.165, 1.54) is 0 Å². The first kappa shape index (κ1) is 14.0. The predicted molar refractivity (Wildman–Crippen MR) is 92.5 cm³/mol. The van der Waals surface area contributed by atoms with Crippen LogP contribution in [0.4, 0.5) is 22.0 Å². The van der Waals surface area contributed by atoms with Gasteiger partial charge in [-0.1, -0.05) is 6.07 Å². The molecule has 6 nitrogen and oxygen atoms in total. The lowest BCUT2D eigenvalue weighted by Crippen LogP contribution is -2.46. The van der Waals surface area contributed by atoms with Gasteiger partial charge in [0.1, 0.15) is 17.0 Å². The summed E-state index contributed by atoms with van der Waals surface area (Å²) < 4.78 is 0. The number of hydrogen-bond donors (Lipinski definition) is 2. The van der Waals surface area contributed by atoms with Crippen molar-refractivity contribution in [1.82, 2.24) is 15.3 Å². The molecule has 7 heteroatoms. The first-order chi connectivity index (χ1) is 11.3. The minimum Gasteiger partial charge on any atom is -0.340 e. The average molecular weight is 325 g/mol. The molecule has 3 aromatic rings. The number of benzene rings is 1. The summed E-state index contributed by atoms with van der Waals surface area (Å²) in [6.07, 6.45) is 2.51. The molecule has 4 rings (SSSR count). The third-order valence-electron chi connectivity index (χ3n) is 3.76. The summed E-state index contributed by atoms with van der Waals surface area (Å²) in [4.78, 5) is 23.3. The Morgan fingerprint density at radius 3 is 3.13 bits per heavy atom. The number of urea groups is 1. The SMILES string of the molecule is O=C1NCCCN1c1cccc(Nc2ncnc3sccc23)c1. The maximum Gasteiger partial charge on any atom is 0.321 e. The summed E-state index contributed by atoms with van der Waals surface area (Å²) in [5.41, 5.74) is 1.77. The Morgan fingerprint density at radius 1 is 1.26 bits per heavy atom. The van der Waals surface area contributed by atoms with Crippen LogP contribution in [0, 0.1) is 0 Å². The van der Waals surface area contributed by atoms with Crippen molar-refractivity contribution in [2.24, 2.45) is 0 Å². The number of thiophene rings is 1. The molecule has 0 bridgehead atoms. The maximum atomic E-state index is 12.0. The lowest BCUT2D eigenvalue weighted by molar-refractivity contribution is 0.243. The van der Waals surface area contributed by atoms with Gasteiger partial charge in [0.15, 0.2) is 0 Å². The molecule has 3 heterocycles. The van der Waals surface area contributed by atoms with Crippen molar-refractivity contribution in [2.75, 3.05) is 23.3 Å². The second-order valence-electron chi connectivity index (χ2n) is 5.27. The van der Waals surface area contributed by atoms with E-state index in [2.05, 4.69) is 20.6 Å². The molecule has 1 saturated heterocycles. The molecule has 1 aliphatic heterocycles. The van der Waals surface area contributed by atoms with Crippen molar-refractivity contribution in [3.05, 3.63) is 42.0 Å². The van der Waals surface area contributed by atoms with E-state index in [0.717, 1.165) is 46.9 Å². The van der Waals surface area contributed by atoms with E-state index in [1.54, 1.807) is 22.6 Å².